The summed E-state index contributed by atoms with van der Waals surface area (Å²) in [6, 6.07) is 13.4. The molecule has 2 heteroatoms. The summed E-state index contributed by atoms with van der Waals surface area (Å²) in [5.74, 6) is 0.595. The molecule has 116 valence electrons. The second kappa shape index (κ2) is 6.19. The minimum Gasteiger partial charge on any atom is -0.256 e. The van der Waals surface area contributed by atoms with Crippen molar-refractivity contribution in [3.05, 3.63) is 59.3 Å². The zero-order valence-corrected chi connectivity index (χ0v) is 14.8. The fourth-order valence-electron chi connectivity index (χ4n) is 3.52. The van der Waals surface area contributed by atoms with Gasteiger partial charge in [0, 0.05) is 17.1 Å². The number of aryl methyl sites for hydroxylation is 2. The Balaban J connectivity index is 2.26. The molecule has 0 aliphatic rings. The van der Waals surface area contributed by atoms with Crippen LogP contribution in [0.15, 0.2) is 42.6 Å². The van der Waals surface area contributed by atoms with Crippen LogP contribution in [-0.2, 0) is 0 Å². The molecule has 1 aromatic heterocycles. The van der Waals surface area contributed by atoms with Crippen LogP contribution < -0.4 is 5.46 Å². The van der Waals surface area contributed by atoms with Crippen LogP contribution in [0.1, 0.15) is 42.9 Å². The van der Waals surface area contributed by atoms with E-state index < -0.39 is 0 Å². The normalized spacial score (nSPS) is 12.5. The van der Waals surface area contributed by atoms with E-state index in [-0.39, 0.29) is 0 Å². The van der Waals surface area contributed by atoms with Crippen molar-refractivity contribution in [3.8, 4) is 11.3 Å². The van der Waals surface area contributed by atoms with Gasteiger partial charge in [-0.3, -0.25) is 4.98 Å². The molecule has 0 saturated carbocycles. The van der Waals surface area contributed by atoms with Gasteiger partial charge in [0.15, 0.2) is 0 Å². The second-order valence-electron chi connectivity index (χ2n) is 6.72. The lowest BCUT2D eigenvalue weighted by atomic mass is 9.80. The molecule has 23 heavy (non-hydrogen) atoms. The SMILES string of the molecule is Bc1c(C(C)CC)ccc2c(-c3cc(C)cc(C)c3)nccc12. The molecule has 1 atom stereocenters. The van der Waals surface area contributed by atoms with Gasteiger partial charge in [-0.2, -0.15) is 0 Å². The van der Waals surface area contributed by atoms with E-state index in [0.29, 0.717) is 5.92 Å². The van der Waals surface area contributed by atoms with E-state index in [2.05, 4.69) is 71.9 Å². The number of pyridine rings is 1. The van der Waals surface area contributed by atoms with Crippen molar-refractivity contribution in [2.45, 2.75) is 40.0 Å². The first kappa shape index (κ1) is 15.8. The molecule has 3 aromatic rings. The summed E-state index contributed by atoms with van der Waals surface area (Å²) in [5.41, 5.74) is 7.72. The number of hydrogen-bond acceptors (Lipinski definition) is 1. The van der Waals surface area contributed by atoms with Crippen LogP contribution in [0, 0.1) is 13.8 Å². The molecule has 0 fully saturated rings. The monoisotopic (exact) mass is 301 g/mol. The molecule has 0 aliphatic heterocycles. The Morgan fingerprint density at radius 2 is 1.70 bits per heavy atom. The maximum atomic E-state index is 4.70. The number of rotatable bonds is 3. The Morgan fingerprint density at radius 1 is 1.00 bits per heavy atom. The molecule has 0 bridgehead atoms. The van der Waals surface area contributed by atoms with Crippen molar-refractivity contribution >= 4 is 24.1 Å². The van der Waals surface area contributed by atoms with Crippen LogP contribution in [0.5, 0.6) is 0 Å². The molecule has 1 heterocycles. The third-order valence-electron chi connectivity index (χ3n) is 4.90. The number of aromatic nitrogens is 1. The maximum Gasteiger partial charge on any atom is 0.140 e. The Bertz CT molecular complexity index is 847. The van der Waals surface area contributed by atoms with E-state index in [0.717, 1.165) is 5.69 Å². The zero-order chi connectivity index (χ0) is 16.6. The highest BCUT2D eigenvalue weighted by Gasteiger charge is 2.12. The van der Waals surface area contributed by atoms with E-state index in [9.17, 15) is 0 Å². The lowest BCUT2D eigenvalue weighted by molar-refractivity contribution is 0.738. The summed E-state index contributed by atoms with van der Waals surface area (Å²) < 4.78 is 0. The predicted octanol–water partition coefficient (Wildman–Crippen LogP) is 4.29. The van der Waals surface area contributed by atoms with E-state index in [4.69, 9.17) is 4.98 Å². The fraction of sp³-hybridized carbons (Fsp3) is 0.286. The van der Waals surface area contributed by atoms with Crippen molar-refractivity contribution in [2.75, 3.05) is 0 Å². The molecule has 3 rings (SSSR count). The molecule has 1 nitrogen and oxygen atoms in total. The van der Waals surface area contributed by atoms with Crippen LogP contribution in [0.25, 0.3) is 22.0 Å². The first-order valence-corrected chi connectivity index (χ1v) is 8.48. The molecule has 0 amide bonds. The average molecular weight is 301 g/mol. The Labute approximate surface area is 140 Å². The highest BCUT2D eigenvalue weighted by atomic mass is 14.7. The van der Waals surface area contributed by atoms with Gasteiger partial charge >= 0.3 is 0 Å². The molecule has 0 radical (unpaired) electrons. The molecule has 0 saturated heterocycles. The molecule has 0 N–H and O–H groups in total. The lowest BCUT2D eigenvalue weighted by Crippen LogP contribution is -2.14. The van der Waals surface area contributed by atoms with E-state index >= 15 is 0 Å². The summed E-state index contributed by atoms with van der Waals surface area (Å²) in [5, 5.41) is 2.58. The number of fused-ring (bicyclic) bond motifs is 1. The molecular formula is C21H24BN. The smallest absolute Gasteiger partial charge is 0.140 e. The van der Waals surface area contributed by atoms with Gasteiger partial charge < -0.3 is 0 Å². The summed E-state index contributed by atoms with van der Waals surface area (Å²) in [7, 11) is 2.25. The number of benzene rings is 2. The van der Waals surface area contributed by atoms with Gasteiger partial charge in [0.2, 0.25) is 0 Å². The van der Waals surface area contributed by atoms with Gasteiger partial charge in [-0.25, -0.2) is 0 Å². The molecule has 0 spiro atoms. The van der Waals surface area contributed by atoms with Gasteiger partial charge in [0.25, 0.3) is 0 Å². The van der Waals surface area contributed by atoms with E-state index in [1.54, 1.807) is 0 Å². The van der Waals surface area contributed by atoms with E-state index in [1.807, 2.05) is 6.20 Å². The third kappa shape index (κ3) is 2.90. The highest BCUT2D eigenvalue weighted by molar-refractivity contribution is 6.40. The van der Waals surface area contributed by atoms with Crippen molar-refractivity contribution < 1.29 is 0 Å². The van der Waals surface area contributed by atoms with Crippen molar-refractivity contribution in [3.63, 3.8) is 0 Å². The molecular weight excluding hydrogens is 277 g/mol. The van der Waals surface area contributed by atoms with Crippen LogP contribution in [0.2, 0.25) is 0 Å². The van der Waals surface area contributed by atoms with Gasteiger partial charge in [0.05, 0.1) is 5.69 Å². The van der Waals surface area contributed by atoms with Gasteiger partial charge in [-0.1, -0.05) is 54.2 Å². The topological polar surface area (TPSA) is 12.9 Å². The Morgan fingerprint density at radius 3 is 2.35 bits per heavy atom. The molecule has 1 unspecified atom stereocenters. The van der Waals surface area contributed by atoms with Crippen molar-refractivity contribution in [1.82, 2.24) is 4.98 Å². The Hall–Kier alpha value is -2.09. The standard InChI is InChI=1S/C21H24BN/c1-5-15(4)17-6-7-19-18(20(17)22)8-9-23-21(19)16-11-13(2)10-14(3)12-16/h6-12,15H,5,22H2,1-4H3. The zero-order valence-electron chi connectivity index (χ0n) is 14.8. The van der Waals surface area contributed by atoms with Crippen molar-refractivity contribution in [2.24, 2.45) is 0 Å². The summed E-state index contributed by atoms with van der Waals surface area (Å²) >= 11 is 0. The molecule has 2 aromatic carbocycles. The Kier molecular flexibility index (Phi) is 4.25. The second-order valence-corrected chi connectivity index (χ2v) is 6.72. The van der Waals surface area contributed by atoms with Crippen molar-refractivity contribution in [1.29, 1.82) is 0 Å². The predicted molar refractivity (Wildman–Crippen MR) is 104 cm³/mol. The summed E-state index contributed by atoms with van der Waals surface area (Å²) in [6.45, 7) is 8.85. The quantitative estimate of drug-likeness (QED) is 0.658. The minimum absolute atomic E-state index is 0.595. The average Bonchev–Trinajstić information content (AvgIpc) is 2.53. The van der Waals surface area contributed by atoms with E-state index in [1.165, 1.54) is 44.9 Å². The van der Waals surface area contributed by atoms with Gasteiger partial charge in [-0.15, -0.1) is 0 Å². The fourth-order valence-corrected chi connectivity index (χ4v) is 3.52. The summed E-state index contributed by atoms with van der Waals surface area (Å²) in [6.07, 6.45) is 3.12. The van der Waals surface area contributed by atoms with Crippen LogP contribution in [0.3, 0.4) is 0 Å². The third-order valence-corrected chi connectivity index (χ3v) is 4.90. The minimum atomic E-state index is 0.595. The van der Waals surface area contributed by atoms with Gasteiger partial charge in [0.1, 0.15) is 7.85 Å². The molecule has 0 aliphatic carbocycles. The van der Waals surface area contributed by atoms with Crippen LogP contribution in [0.4, 0.5) is 0 Å². The maximum absolute atomic E-state index is 4.70. The van der Waals surface area contributed by atoms with Gasteiger partial charge in [-0.05, 0) is 49.8 Å². The lowest BCUT2D eigenvalue weighted by Gasteiger charge is -2.16. The largest absolute Gasteiger partial charge is 0.256 e. The first-order valence-electron chi connectivity index (χ1n) is 8.48. The van der Waals surface area contributed by atoms with Crippen LogP contribution >= 0.6 is 0 Å². The highest BCUT2D eigenvalue weighted by Crippen LogP contribution is 2.29. The first-order chi connectivity index (χ1) is 11.0. The van der Waals surface area contributed by atoms with Crippen LogP contribution in [-0.4, -0.2) is 12.8 Å². The summed E-state index contributed by atoms with van der Waals surface area (Å²) in [4.78, 5) is 4.70. The number of hydrogen-bond donors (Lipinski definition) is 0. The number of nitrogens with zero attached hydrogens (tertiary/aromatic N) is 1.